The van der Waals surface area contributed by atoms with Gasteiger partial charge in [0.15, 0.2) is 0 Å². The van der Waals surface area contributed by atoms with Gasteiger partial charge in [-0.25, -0.2) is 9.59 Å². The van der Waals surface area contributed by atoms with E-state index in [0.29, 0.717) is 19.3 Å². The number of likely N-dealkylation sites (tertiary alicyclic amines) is 1. The minimum atomic E-state index is -1.05. The molecule has 0 saturated carbocycles. The molecule has 2 N–H and O–H groups in total. The van der Waals surface area contributed by atoms with Crippen molar-refractivity contribution in [3.8, 4) is 0 Å². The Morgan fingerprint density at radius 1 is 1.20 bits per heavy atom. The highest BCUT2D eigenvalue weighted by molar-refractivity contribution is 5.91. The second-order valence-electron chi connectivity index (χ2n) is 8.02. The standard InChI is InChI=1S/C18H32N2O5/c1-7-12-8-9-14(16(22)24-17(23)25-18(4,5)6)20(12)15(21)13(19)10-11(2)3/h11-14H,7-10,19H2,1-6H3/t12-,13?,14-/m0/s1. The zero-order valence-electron chi connectivity index (χ0n) is 16.2. The maximum absolute atomic E-state index is 12.8. The molecule has 1 aliphatic heterocycles. The number of esters is 1. The topological polar surface area (TPSA) is 98.9 Å². The second-order valence-corrected chi connectivity index (χ2v) is 8.02. The van der Waals surface area contributed by atoms with Gasteiger partial charge in [0.2, 0.25) is 5.91 Å². The maximum atomic E-state index is 12.8. The first-order valence-electron chi connectivity index (χ1n) is 8.98. The molecule has 1 amide bonds. The van der Waals surface area contributed by atoms with Crippen LogP contribution in [0.1, 0.15) is 67.2 Å². The SMILES string of the molecule is CC[C@H]1CC[C@@H](C(=O)OC(=O)OC(C)(C)C)N1C(=O)C(N)CC(C)C. The molecular weight excluding hydrogens is 324 g/mol. The van der Waals surface area contributed by atoms with Crippen molar-refractivity contribution >= 4 is 18.0 Å². The fourth-order valence-electron chi connectivity index (χ4n) is 3.07. The third-order valence-electron chi connectivity index (χ3n) is 4.12. The van der Waals surface area contributed by atoms with Crippen molar-refractivity contribution < 1.29 is 23.9 Å². The summed E-state index contributed by atoms with van der Waals surface area (Å²) in [5.74, 6) is -0.742. The molecule has 1 aliphatic rings. The van der Waals surface area contributed by atoms with E-state index in [0.717, 1.165) is 6.42 Å². The van der Waals surface area contributed by atoms with Gasteiger partial charge in [0.1, 0.15) is 11.6 Å². The molecule has 144 valence electrons. The van der Waals surface area contributed by atoms with Crippen molar-refractivity contribution in [1.82, 2.24) is 4.90 Å². The molecule has 0 aromatic heterocycles. The summed E-state index contributed by atoms with van der Waals surface area (Å²) >= 11 is 0. The summed E-state index contributed by atoms with van der Waals surface area (Å²) in [5, 5.41) is 0. The normalized spacial score (nSPS) is 22.0. The molecule has 0 aliphatic carbocycles. The first kappa shape index (κ1) is 21.4. The van der Waals surface area contributed by atoms with Crippen molar-refractivity contribution in [3.63, 3.8) is 0 Å². The number of carbonyl (C=O) groups is 3. The summed E-state index contributed by atoms with van der Waals surface area (Å²) in [7, 11) is 0. The van der Waals surface area contributed by atoms with E-state index in [1.807, 2.05) is 20.8 Å². The van der Waals surface area contributed by atoms with Crippen LogP contribution in [0.2, 0.25) is 0 Å². The van der Waals surface area contributed by atoms with Crippen LogP contribution < -0.4 is 5.73 Å². The van der Waals surface area contributed by atoms with E-state index in [1.54, 1.807) is 20.8 Å². The molecule has 0 aromatic carbocycles. The first-order valence-corrected chi connectivity index (χ1v) is 8.98. The fourth-order valence-corrected chi connectivity index (χ4v) is 3.07. The van der Waals surface area contributed by atoms with E-state index in [9.17, 15) is 14.4 Å². The zero-order valence-corrected chi connectivity index (χ0v) is 16.2. The van der Waals surface area contributed by atoms with Crippen LogP contribution in [0.3, 0.4) is 0 Å². The molecule has 1 heterocycles. The van der Waals surface area contributed by atoms with Crippen molar-refractivity contribution in [2.45, 2.75) is 91.0 Å². The number of hydrogen-bond donors (Lipinski definition) is 1. The summed E-state index contributed by atoms with van der Waals surface area (Å²) in [6.07, 6.45) is 1.36. The third-order valence-corrected chi connectivity index (χ3v) is 4.12. The van der Waals surface area contributed by atoms with Gasteiger partial charge in [0.25, 0.3) is 0 Å². The molecule has 1 saturated heterocycles. The van der Waals surface area contributed by atoms with Gasteiger partial charge in [-0.15, -0.1) is 0 Å². The van der Waals surface area contributed by atoms with Gasteiger partial charge >= 0.3 is 12.1 Å². The lowest BCUT2D eigenvalue weighted by Gasteiger charge is -2.31. The maximum Gasteiger partial charge on any atom is 0.516 e. The number of hydrogen-bond acceptors (Lipinski definition) is 6. The minimum absolute atomic E-state index is 0.0677. The van der Waals surface area contributed by atoms with Crippen LogP contribution >= 0.6 is 0 Å². The number of ether oxygens (including phenoxy) is 2. The van der Waals surface area contributed by atoms with Gasteiger partial charge in [0, 0.05) is 6.04 Å². The molecule has 0 bridgehead atoms. The molecule has 1 rings (SSSR count). The van der Waals surface area contributed by atoms with Crippen molar-refractivity contribution in [1.29, 1.82) is 0 Å². The van der Waals surface area contributed by atoms with Crippen LogP contribution in [0, 0.1) is 5.92 Å². The molecule has 0 spiro atoms. The summed E-state index contributed by atoms with van der Waals surface area (Å²) < 4.78 is 9.82. The summed E-state index contributed by atoms with van der Waals surface area (Å²) in [5.41, 5.74) is 5.27. The van der Waals surface area contributed by atoms with Crippen LogP contribution in [-0.4, -0.2) is 46.7 Å². The van der Waals surface area contributed by atoms with Crippen LogP contribution in [0.4, 0.5) is 4.79 Å². The van der Waals surface area contributed by atoms with Crippen LogP contribution in [0.15, 0.2) is 0 Å². The van der Waals surface area contributed by atoms with Crippen LogP contribution in [0.25, 0.3) is 0 Å². The van der Waals surface area contributed by atoms with Crippen LogP contribution in [-0.2, 0) is 19.1 Å². The van der Waals surface area contributed by atoms with Gasteiger partial charge < -0.3 is 20.1 Å². The lowest BCUT2D eigenvalue weighted by Crippen LogP contribution is -2.52. The monoisotopic (exact) mass is 356 g/mol. The molecule has 1 fully saturated rings. The van der Waals surface area contributed by atoms with E-state index in [2.05, 4.69) is 0 Å². The predicted molar refractivity (Wildman–Crippen MR) is 93.7 cm³/mol. The lowest BCUT2D eigenvalue weighted by atomic mass is 10.0. The second kappa shape index (κ2) is 8.65. The largest absolute Gasteiger partial charge is 0.516 e. The Balaban J connectivity index is 2.84. The Bertz CT molecular complexity index is 498. The van der Waals surface area contributed by atoms with E-state index in [4.69, 9.17) is 15.2 Å². The van der Waals surface area contributed by atoms with E-state index in [-0.39, 0.29) is 17.9 Å². The van der Waals surface area contributed by atoms with Gasteiger partial charge in [-0.05, 0) is 52.4 Å². The molecule has 7 heteroatoms. The lowest BCUT2D eigenvalue weighted by molar-refractivity contribution is -0.153. The number of nitrogens with zero attached hydrogens (tertiary/aromatic N) is 1. The third kappa shape index (κ3) is 6.30. The average molecular weight is 356 g/mol. The first-order chi connectivity index (χ1) is 11.5. The van der Waals surface area contributed by atoms with Gasteiger partial charge in [0.05, 0.1) is 6.04 Å². The predicted octanol–water partition coefficient (Wildman–Crippen LogP) is 2.61. The highest BCUT2D eigenvalue weighted by atomic mass is 16.7. The molecule has 25 heavy (non-hydrogen) atoms. The summed E-state index contributed by atoms with van der Waals surface area (Å²) in [6, 6.07) is -1.52. The smallest absolute Gasteiger partial charge is 0.428 e. The quantitative estimate of drug-likeness (QED) is 0.600. The number of amides is 1. The van der Waals surface area contributed by atoms with Gasteiger partial charge in [-0.1, -0.05) is 20.8 Å². The molecule has 0 radical (unpaired) electrons. The zero-order chi connectivity index (χ0) is 19.4. The Labute approximate surface area is 150 Å². The van der Waals surface area contributed by atoms with Crippen LogP contribution in [0.5, 0.6) is 0 Å². The van der Waals surface area contributed by atoms with Crippen molar-refractivity contribution in [2.75, 3.05) is 0 Å². The number of nitrogens with two attached hydrogens (primary N) is 1. The van der Waals surface area contributed by atoms with Gasteiger partial charge in [-0.2, -0.15) is 0 Å². The average Bonchev–Trinajstić information content (AvgIpc) is 2.87. The Kier molecular flexibility index (Phi) is 7.41. The molecule has 7 nitrogen and oxygen atoms in total. The Hall–Kier alpha value is -1.63. The van der Waals surface area contributed by atoms with Gasteiger partial charge in [-0.3, -0.25) is 4.79 Å². The Morgan fingerprint density at radius 3 is 2.28 bits per heavy atom. The van der Waals surface area contributed by atoms with E-state index in [1.165, 1.54) is 4.90 Å². The number of carbonyl (C=O) groups excluding carboxylic acids is 3. The van der Waals surface area contributed by atoms with E-state index >= 15 is 0 Å². The summed E-state index contributed by atoms with van der Waals surface area (Å²) in [6.45, 7) is 11.0. The fraction of sp³-hybridized carbons (Fsp3) is 0.833. The summed E-state index contributed by atoms with van der Waals surface area (Å²) in [4.78, 5) is 38.4. The highest BCUT2D eigenvalue weighted by Gasteiger charge is 2.43. The highest BCUT2D eigenvalue weighted by Crippen LogP contribution is 2.28. The minimum Gasteiger partial charge on any atom is -0.428 e. The molecular formula is C18H32N2O5. The number of rotatable bonds is 5. The van der Waals surface area contributed by atoms with E-state index < -0.39 is 29.8 Å². The van der Waals surface area contributed by atoms with Crippen molar-refractivity contribution in [2.24, 2.45) is 11.7 Å². The van der Waals surface area contributed by atoms with Crippen molar-refractivity contribution in [3.05, 3.63) is 0 Å². The molecule has 3 atom stereocenters. The molecule has 0 aromatic rings. The Morgan fingerprint density at radius 2 is 1.80 bits per heavy atom. The molecule has 1 unspecified atom stereocenters.